The molecule has 1 atom stereocenters. The number of thioether (sulfide) groups is 1. The van der Waals surface area contributed by atoms with Gasteiger partial charge in [-0.05, 0) is 30.5 Å². The van der Waals surface area contributed by atoms with E-state index in [0.717, 1.165) is 5.56 Å². The van der Waals surface area contributed by atoms with Crippen molar-refractivity contribution in [2.24, 2.45) is 0 Å². The highest BCUT2D eigenvalue weighted by atomic mass is 32.2. The molecule has 0 aliphatic rings. The fourth-order valence-corrected chi connectivity index (χ4v) is 4.33. The molecule has 0 aliphatic heterocycles. The summed E-state index contributed by atoms with van der Waals surface area (Å²) in [4.78, 5) is 17.4. The minimum absolute atomic E-state index is 0.0555. The van der Waals surface area contributed by atoms with Crippen LogP contribution >= 0.6 is 23.1 Å². The standard InChI is InChI=1S/C19H16N4O2S2/c1-3-10-23-18(24)15-14(9-11-26-15)20-19(23)27-12(2)16-21-22-17(25-16)13-7-5-4-6-8-13/h3-9,11-12H,1,10H2,2H3/t12-/m1/s1. The molecule has 0 aliphatic carbocycles. The van der Waals surface area contributed by atoms with Gasteiger partial charge in [0.25, 0.3) is 5.56 Å². The number of fused-ring (bicyclic) bond motifs is 1. The Morgan fingerprint density at radius 2 is 2.11 bits per heavy atom. The molecular formula is C19H16N4O2S2. The van der Waals surface area contributed by atoms with E-state index in [-0.39, 0.29) is 10.8 Å². The zero-order valence-electron chi connectivity index (χ0n) is 14.5. The highest BCUT2D eigenvalue weighted by Gasteiger charge is 2.20. The van der Waals surface area contributed by atoms with Gasteiger partial charge in [0.1, 0.15) is 4.70 Å². The van der Waals surface area contributed by atoms with Crippen molar-refractivity contribution in [3.05, 3.63) is 70.7 Å². The summed E-state index contributed by atoms with van der Waals surface area (Å²) in [5.41, 5.74) is 1.52. The quantitative estimate of drug-likeness (QED) is 0.270. The Balaban J connectivity index is 1.66. The van der Waals surface area contributed by atoms with Gasteiger partial charge in [0, 0.05) is 12.1 Å². The molecular weight excluding hydrogens is 380 g/mol. The summed E-state index contributed by atoms with van der Waals surface area (Å²) in [5.74, 6) is 0.964. The minimum Gasteiger partial charge on any atom is -0.419 e. The predicted octanol–water partition coefficient (Wildman–Crippen LogP) is 4.55. The summed E-state index contributed by atoms with van der Waals surface area (Å²) in [7, 11) is 0. The first-order valence-electron chi connectivity index (χ1n) is 8.32. The second-order valence-corrected chi connectivity index (χ2v) is 8.03. The summed E-state index contributed by atoms with van der Waals surface area (Å²) >= 11 is 2.82. The molecule has 0 unspecified atom stereocenters. The molecule has 0 radical (unpaired) electrons. The first kappa shape index (κ1) is 17.7. The fraction of sp³-hybridized carbons (Fsp3) is 0.158. The van der Waals surface area contributed by atoms with Gasteiger partial charge in [-0.3, -0.25) is 9.36 Å². The van der Waals surface area contributed by atoms with Gasteiger partial charge in [0.2, 0.25) is 11.8 Å². The van der Waals surface area contributed by atoms with Gasteiger partial charge < -0.3 is 4.42 Å². The van der Waals surface area contributed by atoms with E-state index in [0.29, 0.717) is 33.7 Å². The van der Waals surface area contributed by atoms with Gasteiger partial charge in [-0.25, -0.2) is 4.98 Å². The van der Waals surface area contributed by atoms with Crippen molar-refractivity contribution in [3.8, 4) is 11.5 Å². The number of benzene rings is 1. The van der Waals surface area contributed by atoms with Crippen LogP contribution in [-0.4, -0.2) is 19.7 Å². The van der Waals surface area contributed by atoms with Crippen molar-refractivity contribution >= 4 is 33.3 Å². The third-order valence-electron chi connectivity index (χ3n) is 3.93. The maximum absolute atomic E-state index is 12.7. The van der Waals surface area contributed by atoms with E-state index < -0.39 is 0 Å². The molecule has 0 saturated carbocycles. The third kappa shape index (κ3) is 3.45. The molecule has 0 N–H and O–H groups in total. The molecule has 27 heavy (non-hydrogen) atoms. The van der Waals surface area contributed by atoms with Gasteiger partial charge >= 0.3 is 0 Å². The first-order valence-corrected chi connectivity index (χ1v) is 10.1. The summed E-state index contributed by atoms with van der Waals surface area (Å²) in [6, 6.07) is 11.5. The number of hydrogen-bond donors (Lipinski definition) is 0. The minimum atomic E-state index is -0.158. The lowest BCUT2D eigenvalue weighted by molar-refractivity contribution is 0.508. The number of allylic oxidation sites excluding steroid dienone is 1. The van der Waals surface area contributed by atoms with Gasteiger partial charge in [0.15, 0.2) is 5.16 Å². The lowest BCUT2D eigenvalue weighted by Gasteiger charge is -2.12. The second kappa shape index (κ2) is 7.50. The Bertz CT molecular complexity index is 1150. The third-order valence-corrected chi connectivity index (χ3v) is 5.90. The molecule has 4 aromatic rings. The van der Waals surface area contributed by atoms with Crippen LogP contribution in [0, 0.1) is 0 Å². The summed E-state index contributed by atoms with van der Waals surface area (Å²) < 4.78 is 8.11. The molecule has 0 saturated heterocycles. The number of nitrogens with zero attached hydrogens (tertiary/aromatic N) is 4. The van der Waals surface area contributed by atoms with Gasteiger partial charge in [-0.2, -0.15) is 0 Å². The van der Waals surface area contributed by atoms with Crippen molar-refractivity contribution in [1.82, 2.24) is 19.7 Å². The maximum Gasteiger partial charge on any atom is 0.272 e. The predicted molar refractivity (Wildman–Crippen MR) is 108 cm³/mol. The smallest absolute Gasteiger partial charge is 0.272 e. The Hall–Kier alpha value is -2.71. The van der Waals surface area contributed by atoms with E-state index >= 15 is 0 Å². The highest BCUT2D eigenvalue weighted by molar-refractivity contribution is 7.99. The largest absolute Gasteiger partial charge is 0.419 e. The van der Waals surface area contributed by atoms with Crippen LogP contribution in [0.25, 0.3) is 21.7 Å². The molecule has 6 nitrogen and oxygen atoms in total. The first-order chi connectivity index (χ1) is 13.2. The average molecular weight is 396 g/mol. The Morgan fingerprint density at radius 3 is 2.89 bits per heavy atom. The molecule has 0 bridgehead atoms. The lowest BCUT2D eigenvalue weighted by Crippen LogP contribution is -2.22. The van der Waals surface area contributed by atoms with Crippen LogP contribution in [-0.2, 0) is 6.54 Å². The molecule has 0 amide bonds. The topological polar surface area (TPSA) is 73.8 Å². The Labute approximate surface area is 163 Å². The van der Waals surface area contributed by atoms with Gasteiger partial charge in [0.05, 0.1) is 10.8 Å². The second-order valence-electron chi connectivity index (χ2n) is 5.81. The molecule has 4 rings (SSSR count). The van der Waals surface area contributed by atoms with Crippen LogP contribution in [0.15, 0.2) is 68.8 Å². The average Bonchev–Trinajstić information content (AvgIpc) is 3.35. The van der Waals surface area contributed by atoms with Crippen LogP contribution in [0.1, 0.15) is 18.1 Å². The van der Waals surface area contributed by atoms with Crippen molar-refractivity contribution in [1.29, 1.82) is 0 Å². The summed E-state index contributed by atoms with van der Waals surface area (Å²) in [6.07, 6.45) is 1.69. The summed E-state index contributed by atoms with van der Waals surface area (Å²) in [6.45, 7) is 6.10. The fourth-order valence-electron chi connectivity index (χ4n) is 2.61. The highest BCUT2D eigenvalue weighted by Crippen LogP contribution is 2.34. The number of aromatic nitrogens is 4. The van der Waals surface area contributed by atoms with Gasteiger partial charge in [-0.1, -0.05) is 36.0 Å². The SMILES string of the molecule is C=CCn1c(S[C@H](C)c2nnc(-c3ccccc3)o2)nc2ccsc2c1=O. The maximum atomic E-state index is 12.7. The normalized spacial score (nSPS) is 12.3. The number of hydrogen-bond acceptors (Lipinski definition) is 7. The Kier molecular flexibility index (Phi) is 4.91. The lowest BCUT2D eigenvalue weighted by atomic mass is 10.2. The van der Waals surface area contributed by atoms with E-state index in [1.54, 1.807) is 10.6 Å². The van der Waals surface area contributed by atoms with Crippen LogP contribution < -0.4 is 5.56 Å². The molecule has 1 aromatic carbocycles. The van der Waals surface area contributed by atoms with E-state index in [2.05, 4.69) is 21.8 Å². The van der Waals surface area contributed by atoms with Crippen molar-refractivity contribution in [2.45, 2.75) is 23.9 Å². The zero-order valence-corrected chi connectivity index (χ0v) is 16.2. The van der Waals surface area contributed by atoms with E-state index in [9.17, 15) is 4.79 Å². The monoisotopic (exact) mass is 396 g/mol. The molecule has 3 aromatic heterocycles. The molecule has 3 heterocycles. The molecule has 0 spiro atoms. The Morgan fingerprint density at radius 1 is 1.30 bits per heavy atom. The molecule has 0 fully saturated rings. The van der Waals surface area contributed by atoms with Crippen LogP contribution in [0.2, 0.25) is 0 Å². The summed E-state index contributed by atoms with van der Waals surface area (Å²) in [5, 5.41) is 10.6. The van der Waals surface area contributed by atoms with E-state index in [1.807, 2.05) is 48.7 Å². The van der Waals surface area contributed by atoms with Crippen LogP contribution in [0.5, 0.6) is 0 Å². The number of thiophene rings is 1. The van der Waals surface area contributed by atoms with E-state index in [4.69, 9.17) is 4.42 Å². The van der Waals surface area contributed by atoms with Gasteiger partial charge in [-0.15, -0.1) is 28.1 Å². The molecule has 136 valence electrons. The van der Waals surface area contributed by atoms with Crippen LogP contribution in [0.4, 0.5) is 0 Å². The van der Waals surface area contributed by atoms with Crippen molar-refractivity contribution in [2.75, 3.05) is 0 Å². The van der Waals surface area contributed by atoms with E-state index in [1.165, 1.54) is 23.1 Å². The molecule has 8 heteroatoms. The number of rotatable bonds is 6. The van der Waals surface area contributed by atoms with Crippen molar-refractivity contribution in [3.63, 3.8) is 0 Å². The zero-order chi connectivity index (χ0) is 18.8. The van der Waals surface area contributed by atoms with Crippen LogP contribution in [0.3, 0.4) is 0 Å². The van der Waals surface area contributed by atoms with Crippen molar-refractivity contribution < 1.29 is 4.42 Å².